The number of methoxy groups -OCH3 is 1. The Morgan fingerprint density at radius 2 is 2.06 bits per heavy atom. The third-order valence-electron chi connectivity index (χ3n) is 6.37. The molecule has 0 aliphatic carbocycles. The number of fused-ring (bicyclic) bond motifs is 1. The largest absolute Gasteiger partial charge is 0.455 e. The van der Waals surface area contributed by atoms with Crippen LogP contribution in [-0.2, 0) is 22.7 Å². The van der Waals surface area contributed by atoms with Crippen molar-refractivity contribution in [3.05, 3.63) is 71.7 Å². The molecule has 0 spiro atoms. The van der Waals surface area contributed by atoms with Crippen LogP contribution in [0, 0.1) is 0 Å². The number of nitrogens with one attached hydrogen (secondary N) is 1. The first kappa shape index (κ1) is 23.0. The van der Waals surface area contributed by atoms with E-state index < -0.39 is 0 Å². The van der Waals surface area contributed by atoms with Crippen LogP contribution >= 0.6 is 0 Å². The van der Waals surface area contributed by atoms with Gasteiger partial charge in [0, 0.05) is 43.2 Å². The number of hydrogen-bond acceptors (Lipinski definition) is 6. The highest BCUT2D eigenvalue weighted by Gasteiger charge is 2.31. The Balaban J connectivity index is 1.56. The van der Waals surface area contributed by atoms with Gasteiger partial charge in [0.1, 0.15) is 11.5 Å². The second-order valence-electron chi connectivity index (χ2n) is 8.76. The monoisotopic (exact) mass is 472 g/mol. The maximum absolute atomic E-state index is 12.3. The van der Waals surface area contributed by atoms with E-state index in [-0.39, 0.29) is 18.6 Å². The molecule has 1 saturated heterocycles. The van der Waals surface area contributed by atoms with Crippen LogP contribution in [0.25, 0.3) is 22.3 Å². The molecule has 0 saturated carbocycles. The van der Waals surface area contributed by atoms with Gasteiger partial charge in [-0.25, -0.2) is 0 Å². The molecule has 0 bridgehead atoms. The third kappa shape index (κ3) is 4.76. The molecule has 0 radical (unpaired) electrons. The lowest BCUT2D eigenvalue weighted by molar-refractivity contribution is -0.129. The van der Waals surface area contributed by atoms with E-state index in [1.807, 2.05) is 41.3 Å². The minimum absolute atomic E-state index is 0.0423. The molecule has 4 aromatic rings. The van der Waals surface area contributed by atoms with Crippen molar-refractivity contribution in [3.63, 3.8) is 0 Å². The number of carbonyl (C=O) groups is 1. The fourth-order valence-corrected chi connectivity index (χ4v) is 4.64. The molecule has 1 aliphatic rings. The lowest BCUT2D eigenvalue weighted by Crippen LogP contribution is -2.28. The van der Waals surface area contributed by atoms with Crippen molar-refractivity contribution in [2.24, 2.45) is 0 Å². The van der Waals surface area contributed by atoms with Crippen LogP contribution in [0.2, 0.25) is 0 Å². The van der Waals surface area contributed by atoms with Gasteiger partial charge in [-0.05, 0) is 54.8 Å². The molecular formula is C27H28N4O4. The molecule has 1 aromatic carbocycles. The molecule has 2 N–H and O–H groups in total. The number of aliphatic hydroxyl groups excluding tert-OH is 1. The summed E-state index contributed by atoms with van der Waals surface area (Å²) in [6.45, 7) is 2.75. The maximum atomic E-state index is 12.3. The smallest absolute Gasteiger partial charge is 0.219 e. The number of amides is 1. The summed E-state index contributed by atoms with van der Waals surface area (Å²) in [6.07, 6.45) is 5.19. The van der Waals surface area contributed by atoms with E-state index in [0.29, 0.717) is 18.1 Å². The number of aliphatic hydroxyl groups is 1. The van der Waals surface area contributed by atoms with Crippen LogP contribution in [0.3, 0.4) is 0 Å². The number of rotatable bonds is 7. The number of likely N-dealkylation sites (tertiary alicyclic amines) is 1. The van der Waals surface area contributed by atoms with Crippen molar-refractivity contribution in [3.8, 4) is 22.9 Å². The van der Waals surface area contributed by atoms with Gasteiger partial charge in [0.05, 0.1) is 42.5 Å². The van der Waals surface area contributed by atoms with Gasteiger partial charge in [0.2, 0.25) is 5.91 Å². The minimum atomic E-state index is -0.0543. The topological polar surface area (TPSA) is 101 Å². The summed E-state index contributed by atoms with van der Waals surface area (Å²) in [6, 6.07) is 13.6. The standard InChI is InChI=1S/C27H28N4O4/c1-17(33)31-9-3-4-26(31)22-12-24-19(10-25(30-24)23-8-5-18(15-32)13-29-23)11-27(22)35-21-7-6-20(16-34-2)28-14-21/h5-8,10-14,26,30,32H,3-4,9,15-16H2,1-2H3. The van der Waals surface area contributed by atoms with E-state index in [1.54, 1.807) is 26.4 Å². The lowest BCUT2D eigenvalue weighted by Gasteiger charge is -2.25. The van der Waals surface area contributed by atoms with Crippen molar-refractivity contribution in [2.45, 2.75) is 39.0 Å². The van der Waals surface area contributed by atoms with Gasteiger partial charge in [-0.3, -0.25) is 14.8 Å². The van der Waals surface area contributed by atoms with Crippen LogP contribution < -0.4 is 4.74 Å². The molecule has 5 rings (SSSR count). The van der Waals surface area contributed by atoms with Gasteiger partial charge in [-0.15, -0.1) is 0 Å². The first-order chi connectivity index (χ1) is 17.1. The molecule has 3 aromatic heterocycles. The molecule has 1 amide bonds. The number of aromatic amines is 1. The van der Waals surface area contributed by atoms with Gasteiger partial charge in [-0.2, -0.15) is 0 Å². The van der Waals surface area contributed by atoms with Crippen molar-refractivity contribution in [1.29, 1.82) is 0 Å². The van der Waals surface area contributed by atoms with Gasteiger partial charge in [-0.1, -0.05) is 6.07 Å². The zero-order valence-corrected chi connectivity index (χ0v) is 19.8. The number of H-pyrrole nitrogens is 1. The predicted molar refractivity (Wildman–Crippen MR) is 132 cm³/mol. The van der Waals surface area contributed by atoms with Gasteiger partial charge in [0.15, 0.2) is 0 Å². The van der Waals surface area contributed by atoms with Crippen LogP contribution in [-0.4, -0.2) is 44.5 Å². The normalized spacial score (nSPS) is 15.6. The number of pyridine rings is 2. The highest BCUT2D eigenvalue weighted by Crippen LogP contribution is 2.41. The highest BCUT2D eigenvalue weighted by atomic mass is 16.5. The van der Waals surface area contributed by atoms with Crippen molar-refractivity contribution < 1.29 is 19.4 Å². The average Bonchev–Trinajstić information content (AvgIpc) is 3.52. The van der Waals surface area contributed by atoms with E-state index in [4.69, 9.17) is 9.47 Å². The molecule has 35 heavy (non-hydrogen) atoms. The van der Waals surface area contributed by atoms with Crippen molar-refractivity contribution in [2.75, 3.05) is 13.7 Å². The van der Waals surface area contributed by atoms with E-state index in [1.165, 1.54) is 0 Å². The fraction of sp³-hybridized carbons (Fsp3) is 0.296. The number of carbonyl (C=O) groups excluding carboxylic acids is 1. The fourth-order valence-electron chi connectivity index (χ4n) is 4.64. The van der Waals surface area contributed by atoms with Gasteiger partial charge >= 0.3 is 0 Å². The van der Waals surface area contributed by atoms with Crippen molar-refractivity contribution >= 4 is 16.8 Å². The number of ether oxygens (including phenoxy) is 2. The summed E-state index contributed by atoms with van der Waals surface area (Å²) in [4.78, 5) is 26.6. The zero-order valence-electron chi connectivity index (χ0n) is 19.8. The molecule has 1 aliphatic heterocycles. The Morgan fingerprint density at radius 1 is 1.17 bits per heavy atom. The number of aromatic nitrogens is 3. The zero-order chi connectivity index (χ0) is 24.4. The summed E-state index contributed by atoms with van der Waals surface area (Å²) in [7, 11) is 1.64. The van der Waals surface area contributed by atoms with Gasteiger partial charge < -0.3 is 24.5 Å². The van der Waals surface area contributed by atoms with Crippen LogP contribution in [0.5, 0.6) is 11.5 Å². The van der Waals surface area contributed by atoms with Crippen LogP contribution in [0.4, 0.5) is 0 Å². The molecular weight excluding hydrogens is 444 g/mol. The lowest BCUT2D eigenvalue weighted by atomic mass is 10.0. The highest BCUT2D eigenvalue weighted by molar-refractivity contribution is 5.88. The Bertz CT molecular complexity index is 1330. The van der Waals surface area contributed by atoms with Crippen LogP contribution in [0.1, 0.15) is 42.6 Å². The molecule has 1 unspecified atom stereocenters. The van der Waals surface area contributed by atoms with E-state index in [0.717, 1.165) is 58.5 Å². The molecule has 4 heterocycles. The molecule has 1 fully saturated rings. The number of benzene rings is 1. The molecule has 180 valence electrons. The summed E-state index contributed by atoms with van der Waals surface area (Å²) in [5.74, 6) is 1.38. The SMILES string of the molecule is COCc1ccc(Oc2cc3cc(-c4ccc(CO)cn4)[nH]c3cc2C2CCCN2C(C)=O)cn1. The summed E-state index contributed by atoms with van der Waals surface area (Å²) >= 11 is 0. The molecule has 1 atom stereocenters. The Labute approximate surface area is 203 Å². The number of hydrogen-bond donors (Lipinski definition) is 2. The second-order valence-corrected chi connectivity index (χ2v) is 8.76. The summed E-state index contributed by atoms with van der Waals surface area (Å²) in [5.41, 5.74) is 5.14. The van der Waals surface area contributed by atoms with E-state index >= 15 is 0 Å². The second kappa shape index (κ2) is 9.85. The average molecular weight is 473 g/mol. The molecule has 8 heteroatoms. The van der Waals surface area contributed by atoms with Crippen LogP contribution in [0.15, 0.2) is 54.9 Å². The maximum Gasteiger partial charge on any atom is 0.219 e. The quantitative estimate of drug-likeness (QED) is 0.403. The first-order valence-electron chi connectivity index (χ1n) is 11.7. The minimum Gasteiger partial charge on any atom is -0.455 e. The Hall–Kier alpha value is -3.75. The molecule has 8 nitrogen and oxygen atoms in total. The van der Waals surface area contributed by atoms with Crippen molar-refractivity contribution in [1.82, 2.24) is 19.9 Å². The first-order valence-corrected chi connectivity index (χ1v) is 11.7. The van der Waals surface area contributed by atoms with Gasteiger partial charge in [0.25, 0.3) is 0 Å². The third-order valence-corrected chi connectivity index (χ3v) is 6.37. The Kier molecular flexibility index (Phi) is 6.48. The number of nitrogens with zero attached hydrogens (tertiary/aromatic N) is 3. The summed E-state index contributed by atoms with van der Waals surface area (Å²) < 4.78 is 11.5. The van der Waals surface area contributed by atoms with E-state index in [2.05, 4.69) is 21.0 Å². The Morgan fingerprint density at radius 3 is 2.74 bits per heavy atom. The summed E-state index contributed by atoms with van der Waals surface area (Å²) in [5, 5.41) is 10.3. The van der Waals surface area contributed by atoms with E-state index in [9.17, 15) is 9.90 Å². The predicted octanol–water partition coefficient (Wildman–Crippen LogP) is 4.74.